The molecule has 0 aromatic carbocycles. The molecule has 0 aliphatic heterocycles. The topological polar surface area (TPSA) is 88.1 Å². The lowest BCUT2D eigenvalue weighted by Crippen LogP contribution is -2.34. The minimum absolute atomic E-state index is 0.0247. The zero-order valence-corrected chi connectivity index (χ0v) is 15.9. The third kappa shape index (κ3) is 4.04. The fourth-order valence-corrected chi connectivity index (χ4v) is 8.09. The van der Waals surface area contributed by atoms with Crippen molar-refractivity contribution in [2.75, 3.05) is 26.4 Å². The van der Waals surface area contributed by atoms with Gasteiger partial charge in [-0.1, -0.05) is 6.08 Å². The van der Waals surface area contributed by atoms with E-state index in [4.69, 9.17) is 18.1 Å². The van der Waals surface area contributed by atoms with Gasteiger partial charge in [-0.25, -0.2) is 0 Å². The van der Waals surface area contributed by atoms with Crippen LogP contribution in [0.4, 0.5) is 0 Å². The smallest absolute Gasteiger partial charge is 0.308 e. The van der Waals surface area contributed by atoms with Crippen molar-refractivity contribution >= 4 is 21.0 Å². The van der Waals surface area contributed by atoms with Crippen molar-refractivity contribution in [3.05, 3.63) is 12.2 Å². The van der Waals surface area contributed by atoms with Crippen LogP contribution in [-0.2, 0) is 32.0 Å². The summed E-state index contributed by atoms with van der Waals surface area (Å²) in [6.45, 7) is 7.12. The molecule has 1 rings (SSSR count). The third-order valence-corrected chi connectivity index (χ3v) is 9.92. The summed E-state index contributed by atoms with van der Waals surface area (Å²) in [5.74, 6) is -0.139. The zero-order valence-electron chi connectivity index (χ0n) is 14.1. The highest BCUT2D eigenvalue weighted by Crippen LogP contribution is 2.80. The van der Waals surface area contributed by atoms with Crippen LogP contribution < -0.4 is 0 Å². The molecule has 1 aliphatic rings. The summed E-state index contributed by atoms with van der Waals surface area (Å²) in [6, 6.07) is 0. The second-order valence-electron chi connectivity index (χ2n) is 4.84. The van der Waals surface area contributed by atoms with E-state index in [1.54, 1.807) is 27.7 Å². The summed E-state index contributed by atoms with van der Waals surface area (Å²) in [5.41, 5.74) is 0. The van der Waals surface area contributed by atoms with Gasteiger partial charge in [0.05, 0.1) is 26.4 Å². The van der Waals surface area contributed by atoms with E-state index in [2.05, 4.69) is 0 Å². The minimum atomic E-state index is -3.89. The molecule has 0 spiro atoms. The molecule has 1 aliphatic carbocycles. The third-order valence-electron chi connectivity index (χ3n) is 3.42. The quantitative estimate of drug-likeness (QED) is 0.536. The van der Waals surface area contributed by atoms with Crippen molar-refractivity contribution in [1.29, 1.82) is 0 Å². The second kappa shape index (κ2) is 8.70. The predicted octanol–water partition coefficient (Wildman–Crippen LogP) is 4.13. The molecule has 0 heterocycles. The summed E-state index contributed by atoms with van der Waals surface area (Å²) in [5, 5.41) is 0. The van der Waals surface area contributed by atoms with Crippen LogP contribution >= 0.6 is 15.2 Å². The molecule has 0 unspecified atom stereocenters. The molecule has 0 atom stereocenters. The number of rotatable bonds is 10. The average Bonchev–Trinajstić information content (AvgIpc) is 2.48. The minimum Gasteiger partial charge on any atom is -0.308 e. The molecule has 0 fully saturated rings. The second-order valence-corrected chi connectivity index (χ2v) is 9.82. The first kappa shape index (κ1) is 20.8. The normalized spacial score (nSPS) is 18.3. The molecule has 0 N–H and O–H groups in total. The Morgan fingerprint density at radius 3 is 1.57 bits per heavy atom. The Bertz CT molecular complexity index is 479. The van der Waals surface area contributed by atoms with E-state index < -0.39 is 20.1 Å². The van der Waals surface area contributed by atoms with Gasteiger partial charge in [0.15, 0.2) is 10.7 Å². The summed E-state index contributed by atoms with van der Waals surface area (Å²) in [7, 11) is -7.77. The summed E-state index contributed by atoms with van der Waals surface area (Å²) in [6.07, 6.45) is 2.71. The fourth-order valence-electron chi connectivity index (χ4n) is 2.51. The van der Waals surface area contributed by atoms with Gasteiger partial charge in [-0.05, 0) is 40.2 Å². The standard InChI is InChI=1S/C14H26O7P2/c1-5-18-22(16,19-6-2)14(11-9-13(15)10-12-14)23(17,20-7-3)21-8-4/h9,11H,5-8,10,12H2,1-4H3. The van der Waals surface area contributed by atoms with Gasteiger partial charge in [-0.3, -0.25) is 13.9 Å². The van der Waals surface area contributed by atoms with Gasteiger partial charge in [-0.2, -0.15) is 0 Å². The number of allylic oxidation sites excluding steroid dienone is 2. The lowest BCUT2D eigenvalue weighted by molar-refractivity contribution is -0.115. The molecular formula is C14H26O7P2. The largest absolute Gasteiger partial charge is 0.352 e. The van der Waals surface area contributed by atoms with Crippen LogP contribution in [0.5, 0.6) is 0 Å². The van der Waals surface area contributed by atoms with Gasteiger partial charge < -0.3 is 18.1 Å². The molecule has 23 heavy (non-hydrogen) atoms. The maximum absolute atomic E-state index is 13.5. The first-order valence-electron chi connectivity index (χ1n) is 7.85. The van der Waals surface area contributed by atoms with E-state index in [1.807, 2.05) is 0 Å². The number of hydrogen-bond donors (Lipinski definition) is 0. The van der Waals surface area contributed by atoms with Crippen molar-refractivity contribution in [3.8, 4) is 0 Å². The van der Waals surface area contributed by atoms with Crippen molar-refractivity contribution < 1.29 is 32.0 Å². The molecule has 0 bridgehead atoms. The highest BCUT2D eigenvalue weighted by atomic mass is 31.2. The van der Waals surface area contributed by atoms with Crippen LogP contribution in [0.25, 0.3) is 0 Å². The van der Waals surface area contributed by atoms with Crippen LogP contribution in [-0.4, -0.2) is 37.1 Å². The lowest BCUT2D eigenvalue weighted by atomic mass is 10.1. The van der Waals surface area contributed by atoms with Gasteiger partial charge in [0.1, 0.15) is 0 Å². The monoisotopic (exact) mass is 368 g/mol. The van der Waals surface area contributed by atoms with Gasteiger partial charge in [0.25, 0.3) is 0 Å². The van der Waals surface area contributed by atoms with Crippen LogP contribution in [0.2, 0.25) is 0 Å². The van der Waals surface area contributed by atoms with Crippen LogP contribution in [0, 0.1) is 0 Å². The van der Waals surface area contributed by atoms with Crippen molar-refractivity contribution in [1.82, 2.24) is 0 Å². The Balaban J connectivity index is 3.54. The van der Waals surface area contributed by atoms with E-state index in [1.165, 1.54) is 12.2 Å². The van der Waals surface area contributed by atoms with Crippen molar-refractivity contribution in [2.45, 2.75) is 45.4 Å². The van der Waals surface area contributed by atoms with Gasteiger partial charge in [0, 0.05) is 6.42 Å². The molecule has 9 heteroatoms. The van der Waals surface area contributed by atoms with E-state index in [9.17, 15) is 13.9 Å². The average molecular weight is 368 g/mol. The Kier molecular flexibility index (Phi) is 7.85. The van der Waals surface area contributed by atoms with Crippen molar-refractivity contribution in [3.63, 3.8) is 0 Å². The van der Waals surface area contributed by atoms with Crippen molar-refractivity contribution in [2.24, 2.45) is 0 Å². The number of carbonyl (C=O) groups excluding carboxylic acids is 1. The van der Waals surface area contributed by atoms with E-state index in [0.29, 0.717) is 0 Å². The fraction of sp³-hybridized carbons (Fsp3) is 0.786. The predicted molar refractivity (Wildman–Crippen MR) is 87.8 cm³/mol. The summed E-state index contributed by atoms with van der Waals surface area (Å²) < 4.78 is 48.6. The SMILES string of the molecule is CCOP(=O)(OCC)C1(P(=O)(OCC)OCC)C=CC(=O)CC1. The summed E-state index contributed by atoms with van der Waals surface area (Å²) in [4.78, 5) is 10.0. The Morgan fingerprint density at radius 2 is 1.30 bits per heavy atom. The molecule has 0 aromatic heterocycles. The molecule has 134 valence electrons. The highest BCUT2D eigenvalue weighted by molar-refractivity contribution is 7.74. The van der Waals surface area contributed by atoms with Crippen LogP contribution in [0.15, 0.2) is 12.2 Å². The van der Waals surface area contributed by atoms with Crippen LogP contribution in [0.3, 0.4) is 0 Å². The number of carbonyl (C=O) groups is 1. The zero-order chi connectivity index (χ0) is 17.6. The van der Waals surface area contributed by atoms with E-state index in [-0.39, 0.29) is 45.1 Å². The molecule has 0 saturated heterocycles. The molecule has 0 radical (unpaired) electrons. The Morgan fingerprint density at radius 1 is 0.913 bits per heavy atom. The maximum Gasteiger partial charge on any atom is 0.352 e. The van der Waals surface area contributed by atoms with E-state index >= 15 is 0 Å². The summed E-state index contributed by atoms with van der Waals surface area (Å²) >= 11 is 0. The molecular weight excluding hydrogens is 342 g/mol. The highest BCUT2D eigenvalue weighted by Gasteiger charge is 2.64. The first-order valence-corrected chi connectivity index (χ1v) is 10.9. The first-order chi connectivity index (χ1) is 10.8. The number of ketones is 1. The van der Waals surface area contributed by atoms with Gasteiger partial charge in [0.2, 0.25) is 0 Å². The number of hydrogen-bond acceptors (Lipinski definition) is 7. The van der Waals surface area contributed by atoms with Gasteiger partial charge in [-0.15, -0.1) is 0 Å². The molecule has 0 saturated carbocycles. The Hall–Kier alpha value is -0.290. The van der Waals surface area contributed by atoms with E-state index in [0.717, 1.165) is 0 Å². The molecule has 7 nitrogen and oxygen atoms in total. The Labute approximate surface area is 137 Å². The molecule has 0 aromatic rings. The lowest BCUT2D eigenvalue weighted by Gasteiger charge is -2.41. The van der Waals surface area contributed by atoms with Crippen LogP contribution in [0.1, 0.15) is 40.5 Å². The van der Waals surface area contributed by atoms with Gasteiger partial charge >= 0.3 is 15.2 Å². The molecule has 0 amide bonds. The maximum atomic E-state index is 13.5.